The molecule has 0 spiro atoms. The summed E-state index contributed by atoms with van der Waals surface area (Å²) in [5.74, 6) is 0.513. The average Bonchev–Trinajstić information content (AvgIpc) is 2.15. The van der Waals surface area contributed by atoms with Gasteiger partial charge in [-0.2, -0.15) is 5.26 Å². The molecule has 0 atom stereocenters. The van der Waals surface area contributed by atoms with Crippen molar-refractivity contribution in [2.24, 2.45) is 0 Å². The lowest BCUT2D eigenvalue weighted by atomic mass is 10.1. The maximum absolute atomic E-state index is 8.70. The number of halogens is 1. The van der Waals surface area contributed by atoms with E-state index in [1.165, 1.54) is 0 Å². The lowest BCUT2D eigenvalue weighted by Gasteiger charge is -1.98. The molecule has 0 unspecified atom stereocenters. The van der Waals surface area contributed by atoms with Crippen molar-refractivity contribution >= 4 is 17.7 Å². The van der Waals surface area contributed by atoms with Crippen LogP contribution in [0, 0.1) is 18.3 Å². The number of rotatable bonds is 2. The molecule has 0 aliphatic rings. The Labute approximate surface area is 83.3 Å². The predicted molar refractivity (Wildman–Crippen MR) is 55.6 cm³/mol. The van der Waals surface area contributed by atoms with E-state index in [4.69, 9.17) is 16.9 Å². The second-order valence-corrected chi connectivity index (χ2v) is 3.05. The zero-order valence-corrected chi connectivity index (χ0v) is 8.17. The summed E-state index contributed by atoms with van der Waals surface area (Å²) in [4.78, 5) is 0. The van der Waals surface area contributed by atoms with Gasteiger partial charge in [0.25, 0.3) is 0 Å². The molecule has 1 rings (SSSR count). The number of aryl methyl sites for hydroxylation is 1. The van der Waals surface area contributed by atoms with Crippen molar-refractivity contribution < 1.29 is 0 Å². The molecule has 0 bridgehead atoms. The summed E-state index contributed by atoms with van der Waals surface area (Å²) in [7, 11) is 0. The van der Waals surface area contributed by atoms with Crippen LogP contribution in [0.2, 0.25) is 0 Å². The third-order valence-corrected chi connectivity index (χ3v) is 1.95. The fraction of sp³-hybridized carbons (Fsp3) is 0.182. The summed E-state index contributed by atoms with van der Waals surface area (Å²) >= 11 is 5.51. The van der Waals surface area contributed by atoms with Crippen LogP contribution in [0.4, 0.5) is 0 Å². The Hall–Kier alpha value is -1.26. The van der Waals surface area contributed by atoms with Gasteiger partial charge in [0.05, 0.1) is 11.6 Å². The third kappa shape index (κ3) is 2.61. The predicted octanol–water partition coefficient (Wildman–Crippen LogP) is 3.12. The summed E-state index contributed by atoms with van der Waals surface area (Å²) in [5.41, 5.74) is 2.80. The zero-order valence-electron chi connectivity index (χ0n) is 7.42. The van der Waals surface area contributed by atoms with Crippen LogP contribution in [0.5, 0.6) is 0 Å². The van der Waals surface area contributed by atoms with Gasteiger partial charge < -0.3 is 0 Å². The first-order chi connectivity index (χ1) is 6.27. The Morgan fingerprint density at radius 3 is 2.85 bits per heavy atom. The van der Waals surface area contributed by atoms with E-state index >= 15 is 0 Å². The van der Waals surface area contributed by atoms with E-state index in [1.54, 1.807) is 0 Å². The number of hydrogen-bond acceptors (Lipinski definition) is 1. The number of benzene rings is 1. The van der Waals surface area contributed by atoms with Crippen molar-refractivity contribution in [1.82, 2.24) is 0 Å². The van der Waals surface area contributed by atoms with E-state index in [0.29, 0.717) is 5.88 Å². The largest absolute Gasteiger partial charge is 0.192 e. The molecule has 0 amide bonds. The Kier molecular flexibility index (Phi) is 3.54. The van der Waals surface area contributed by atoms with Gasteiger partial charge in [-0.05, 0) is 24.1 Å². The second-order valence-electron chi connectivity index (χ2n) is 2.74. The molecule has 0 fully saturated rings. The first kappa shape index (κ1) is 9.83. The molecule has 0 radical (unpaired) electrons. The quantitative estimate of drug-likeness (QED) is 0.659. The zero-order chi connectivity index (χ0) is 9.68. The van der Waals surface area contributed by atoms with Crippen LogP contribution in [0.15, 0.2) is 24.3 Å². The van der Waals surface area contributed by atoms with E-state index < -0.39 is 0 Å². The topological polar surface area (TPSA) is 23.8 Å². The van der Waals surface area contributed by atoms with Crippen molar-refractivity contribution in [1.29, 1.82) is 5.26 Å². The van der Waals surface area contributed by atoms with Gasteiger partial charge in [0, 0.05) is 5.88 Å². The van der Waals surface area contributed by atoms with E-state index in [-0.39, 0.29) is 0 Å². The van der Waals surface area contributed by atoms with E-state index in [9.17, 15) is 0 Å². The number of nitrogens with zero attached hydrogens (tertiary/aromatic N) is 1. The van der Waals surface area contributed by atoms with Gasteiger partial charge in [-0.3, -0.25) is 0 Å². The summed E-state index contributed by atoms with van der Waals surface area (Å²) in [6, 6.07) is 7.84. The first-order valence-corrected chi connectivity index (χ1v) is 4.54. The molecule has 0 N–H and O–H groups in total. The molecule has 1 aromatic rings. The van der Waals surface area contributed by atoms with Crippen LogP contribution in [0.3, 0.4) is 0 Å². The van der Waals surface area contributed by atoms with Gasteiger partial charge in [0.15, 0.2) is 0 Å². The molecular formula is C11H10ClN. The lowest BCUT2D eigenvalue weighted by Crippen LogP contribution is -1.82. The van der Waals surface area contributed by atoms with E-state index in [2.05, 4.69) is 6.07 Å². The average molecular weight is 192 g/mol. The lowest BCUT2D eigenvalue weighted by molar-refractivity contribution is 1.39. The van der Waals surface area contributed by atoms with Crippen molar-refractivity contribution in [3.8, 4) is 6.07 Å². The maximum Gasteiger partial charge on any atom is 0.0994 e. The van der Waals surface area contributed by atoms with Gasteiger partial charge in [-0.25, -0.2) is 0 Å². The van der Waals surface area contributed by atoms with E-state index in [0.717, 1.165) is 16.7 Å². The molecular weight excluding hydrogens is 182 g/mol. The Balaban J connectivity index is 2.97. The molecule has 0 aromatic heterocycles. The van der Waals surface area contributed by atoms with Gasteiger partial charge in [0.2, 0.25) is 0 Å². The minimum absolute atomic E-state index is 0.513. The maximum atomic E-state index is 8.70. The molecule has 2 heteroatoms. The second kappa shape index (κ2) is 4.69. The minimum Gasteiger partial charge on any atom is -0.192 e. The number of hydrogen-bond donors (Lipinski definition) is 0. The van der Waals surface area contributed by atoms with Crippen LogP contribution in [0.25, 0.3) is 6.08 Å². The van der Waals surface area contributed by atoms with Crippen LogP contribution in [-0.4, -0.2) is 5.88 Å². The van der Waals surface area contributed by atoms with Gasteiger partial charge >= 0.3 is 0 Å². The highest BCUT2D eigenvalue weighted by atomic mass is 35.5. The summed E-state index contributed by atoms with van der Waals surface area (Å²) < 4.78 is 0. The standard InChI is InChI=1S/C11H10ClN/c1-9-7-10(3-2-6-12)4-5-11(9)8-13/h2-5,7H,6H2,1H3. The molecule has 66 valence electrons. The minimum atomic E-state index is 0.513. The normalized spacial score (nSPS) is 10.2. The smallest absolute Gasteiger partial charge is 0.0994 e. The molecule has 0 aliphatic heterocycles. The highest BCUT2D eigenvalue weighted by Gasteiger charge is 1.95. The summed E-state index contributed by atoms with van der Waals surface area (Å²) in [5, 5.41) is 8.70. The molecule has 1 nitrogen and oxygen atoms in total. The van der Waals surface area contributed by atoms with Crippen LogP contribution < -0.4 is 0 Å². The van der Waals surface area contributed by atoms with Gasteiger partial charge in [-0.1, -0.05) is 24.3 Å². The summed E-state index contributed by atoms with van der Waals surface area (Å²) in [6.45, 7) is 1.93. The molecule has 0 saturated heterocycles. The van der Waals surface area contributed by atoms with Crippen molar-refractivity contribution in [2.45, 2.75) is 6.92 Å². The van der Waals surface area contributed by atoms with Gasteiger partial charge in [0.1, 0.15) is 0 Å². The third-order valence-electron chi connectivity index (χ3n) is 1.77. The van der Waals surface area contributed by atoms with Crippen LogP contribution >= 0.6 is 11.6 Å². The molecule has 1 aromatic carbocycles. The highest BCUT2D eigenvalue weighted by Crippen LogP contribution is 2.11. The van der Waals surface area contributed by atoms with Crippen molar-refractivity contribution in [3.05, 3.63) is 41.0 Å². The summed E-state index contributed by atoms with van der Waals surface area (Å²) in [6.07, 6.45) is 3.82. The van der Waals surface area contributed by atoms with Crippen LogP contribution in [-0.2, 0) is 0 Å². The fourth-order valence-electron chi connectivity index (χ4n) is 1.10. The molecule has 13 heavy (non-hydrogen) atoms. The van der Waals surface area contributed by atoms with Crippen molar-refractivity contribution in [3.63, 3.8) is 0 Å². The Bertz CT molecular complexity index is 361. The highest BCUT2D eigenvalue weighted by molar-refractivity contribution is 6.19. The molecule has 0 aliphatic carbocycles. The molecule has 0 saturated carbocycles. The van der Waals surface area contributed by atoms with Crippen LogP contribution in [0.1, 0.15) is 16.7 Å². The number of allylic oxidation sites excluding steroid dienone is 1. The Morgan fingerprint density at radius 2 is 2.31 bits per heavy atom. The first-order valence-electron chi connectivity index (χ1n) is 4.01. The van der Waals surface area contributed by atoms with Gasteiger partial charge in [-0.15, -0.1) is 11.6 Å². The monoisotopic (exact) mass is 191 g/mol. The Morgan fingerprint density at radius 1 is 1.54 bits per heavy atom. The SMILES string of the molecule is Cc1cc(C=CCCl)ccc1C#N. The van der Waals surface area contributed by atoms with Crippen molar-refractivity contribution in [2.75, 3.05) is 5.88 Å². The van der Waals surface area contributed by atoms with E-state index in [1.807, 2.05) is 37.3 Å². The fourth-order valence-corrected chi connectivity index (χ4v) is 1.19. The number of nitriles is 1. The number of alkyl halides is 1. The molecule has 0 heterocycles.